The number of carbonyl (C=O) groups is 1. The maximum absolute atomic E-state index is 12.8. The summed E-state index contributed by atoms with van der Waals surface area (Å²) >= 11 is 0. The van der Waals surface area contributed by atoms with E-state index in [4.69, 9.17) is 4.52 Å². The summed E-state index contributed by atoms with van der Waals surface area (Å²) in [5.74, 6) is -0.324. The maximum atomic E-state index is 12.8. The standard InChI is InChI=1S/C25H29N3O4/c1-4-27-25(31)24-22(17-6-5-15-7-9-26-10-8-16(15)11-17)23(28-32-24)19-12-18(14(2)3)20(29)13-21(19)30/h5-6,11-14,26,29-30H,4,7-10H2,1-3H3,(H,27,31). The van der Waals surface area contributed by atoms with Gasteiger partial charge in [0, 0.05) is 18.2 Å². The van der Waals surface area contributed by atoms with Crippen molar-refractivity contribution in [3.05, 3.63) is 52.8 Å². The van der Waals surface area contributed by atoms with Crippen molar-refractivity contribution in [3.8, 4) is 33.9 Å². The first-order valence-electron chi connectivity index (χ1n) is 11.1. The molecule has 0 radical (unpaired) electrons. The highest BCUT2D eigenvalue weighted by atomic mass is 16.5. The van der Waals surface area contributed by atoms with E-state index in [9.17, 15) is 15.0 Å². The Labute approximate surface area is 187 Å². The number of aromatic hydroxyl groups is 2. The predicted molar refractivity (Wildman–Crippen MR) is 123 cm³/mol. The summed E-state index contributed by atoms with van der Waals surface area (Å²) in [5, 5.41) is 31.3. The molecule has 4 N–H and O–H groups in total. The molecule has 1 amide bonds. The highest BCUT2D eigenvalue weighted by molar-refractivity contribution is 6.02. The van der Waals surface area contributed by atoms with Crippen LogP contribution in [0.3, 0.4) is 0 Å². The van der Waals surface area contributed by atoms with E-state index in [0.29, 0.717) is 28.9 Å². The van der Waals surface area contributed by atoms with E-state index in [1.54, 1.807) is 6.07 Å². The minimum atomic E-state index is -0.361. The molecule has 0 aliphatic carbocycles. The van der Waals surface area contributed by atoms with Crippen molar-refractivity contribution >= 4 is 5.91 Å². The van der Waals surface area contributed by atoms with Crippen LogP contribution in [0.5, 0.6) is 11.5 Å². The van der Waals surface area contributed by atoms with Gasteiger partial charge in [0.15, 0.2) is 0 Å². The Balaban J connectivity index is 1.92. The number of phenolic OH excluding ortho intramolecular Hbond substituents is 2. The Morgan fingerprint density at radius 1 is 1.12 bits per heavy atom. The summed E-state index contributed by atoms with van der Waals surface area (Å²) in [5.41, 5.74) is 5.31. The number of aromatic nitrogens is 1. The molecule has 2 aromatic carbocycles. The van der Waals surface area contributed by atoms with Crippen LogP contribution in [0, 0.1) is 0 Å². The van der Waals surface area contributed by atoms with Gasteiger partial charge >= 0.3 is 0 Å². The minimum Gasteiger partial charge on any atom is -0.508 e. The molecule has 168 valence electrons. The largest absolute Gasteiger partial charge is 0.508 e. The van der Waals surface area contributed by atoms with Crippen LogP contribution in [-0.2, 0) is 12.8 Å². The maximum Gasteiger partial charge on any atom is 0.290 e. The average molecular weight is 436 g/mol. The van der Waals surface area contributed by atoms with Crippen LogP contribution < -0.4 is 10.6 Å². The average Bonchev–Trinajstić information content (AvgIpc) is 3.05. The first-order chi connectivity index (χ1) is 15.4. The molecule has 3 aromatic rings. The van der Waals surface area contributed by atoms with Crippen molar-refractivity contribution in [2.24, 2.45) is 0 Å². The molecule has 32 heavy (non-hydrogen) atoms. The van der Waals surface area contributed by atoms with Crippen molar-refractivity contribution in [3.63, 3.8) is 0 Å². The van der Waals surface area contributed by atoms with E-state index in [1.807, 2.05) is 26.8 Å². The molecule has 0 saturated heterocycles. The lowest BCUT2D eigenvalue weighted by Gasteiger charge is -2.13. The lowest BCUT2D eigenvalue weighted by atomic mass is 9.91. The molecule has 4 rings (SSSR count). The number of hydrogen-bond donors (Lipinski definition) is 4. The Hall–Kier alpha value is -3.32. The SMILES string of the molecule is CCNC(=O)c1onc(-c2cc(C(C)C)c(O)cc2O)c1-c1ccc2c(c1)CCNCC2. The number of nitrogens with zero attached hydrogens (tertiary/aromatic N) is 1. The lowest BCUT2D eigenvalue weighted by Crippen LogP contribution is -2.22. The van der Waals surface area contributed by atoms with Gasteiger partial charge < -0.3 is 25.4 Å². The summed E-state index contributed by atoms with van der Waals surface area (Å²) in [4.78, 5) is 12.8. The normalized spacial score (nSPS) is 13.6. The van der Waals surface area contributed by atoms with Crippen LogP contribution in [0.4, 0.5) is 0 Å². The second kappa shape index (κ2) is 9.04. The fourth-order valence-corrected chi connectivity index (χ4v) is 4.21. The summed E-state index contributed by atoms with van der Waals surface area (Å²) in [7, 11) is 0. The van der Waals surface area contributed by atoms with Gasteiger partial charge in [0.2, 0.25) is 5.76 Å². The number of amides is 1. The zero-order valence-corrected chi connectivity index (χ0v) is 18.7. The van der Waals surface area contributed by atoms with Crippen molar-refractivity contribution in [1.82, 2.24) is 15.8 Å². The van der Waals surface area contributed by atoms with Crippen LogP contribution in [0.2, 0.25) is 0 Å². The fraction of sp³-hybridized carbons (Fsp3) is 0.360. The molecular formula is C25H29N3O4. The fourth-order valence-electron chi connectivity index (χ4n) is 4.21. The van der Waals surface area contributed by atoms with E-state index < -0.39 is 0 Å². The number of hydrogen-bond acceptors (Lipinski definition) is 6. The highest BCUT2D eigenvalue weighted by Crippen LogP contribution is 2.42. The quantitative estimate of drug-likeness (QED) is 0.483. The third-order valence-corrected chi connectivity index (χ3v) is 5.89. The second-order valence-electron chi connectivity index (χ2n) is 8.41. The number of benzene rings is 2. The molecule has 1 aromatic heterocycles. The van der Waals surface area contributed by atoms with Crippen LogP contribution in [0.15, 0.2) is 34.9 Å². The summed E-state index contributed by atoms with van der Waals surface area (Å²) in [6.45, 7) is 8.04. The number of phenols is 2. The van der Waals surface area contributed by atoms with E-state index in [2.05, 4.69) is 27.9 Å². The van der Waals surface area contributed by atoms with Gasteiger partial charge in [0.05, 0.1) is 5.56 Å². The van der Waals surface area contributed by atoms with Gasteiger partial charge in [-0.25, -0.2) is 0 Å². The van der Waals surface area contributed by atoms with Crippen molar-refractivity contribution in [1.29, 1.82) is 0 Å². The molecule has 1 aliphatic heterocycles. The smallest absolute Gasteiger partial charge is 0.290 e. The monoisotopic (exact) mass is 435 g/mol. The van der Waals surface area contributed by atoms with Gasteiger partial charge in [-0.3, -0.25) is 4.79 Å². The first kappa shape index (κ1) is 21.9. The van der Waals surface area contributed by atoms with E-state index >= 15 is 0 Å². The number of nitrogens with one attached hydrogen (secondary N) is 2. The number of fused-ring (bicyclic) bond motifs is 1. The molecular weight excluding hydrogens is 406 g/mol. The Kier molecular flexibility index (Phi) is 6.19. The van der Waals surface area contributed by atoms with Gasteiger partial charge in [0.25, 0.3) is 5.91 Å². The van der Waals surface area contributed by atoms with Gasteiger partial charge in [-0.15, -0.1) is 0 Å². The van der Waals surface area contributed by atoms with Gasteiger partial charge in [-0.2, -0.15) is 0 Å². The van der Waals surface area contributed by atoms with E-state index in [-0.39, 0.29) is 29.1 Å². The van der Waals surface area contributed by atoms with E-state index in [1.165, 1.54) is 17.2 Å². The molecule has 7 heteroatoms. The Bertz CT molecular complexity index is 1150. The number of carbonyl (C=O) groups excluding carboxylic acids is 1. The van der Waals surface area contributed by atoms with Gasteiger partial charge in [-0.05, 0) is 67.1 Å². The number of rotatable bonds is 5. The zero-order valence-electron chi connectivity index (χ0n) is 18.7. The topological polar surface area (TPSA) is 108 Å². The van der Waals surface area contributed by atoms with Crippen molar-refractivity contribution in [2.45, 2.75) is 39.5 Å². The molecule has 0 bridgehead atoms. The first-order valence-corrected chi connectivity index (χ1v) is 11.1. The molecule has 0 unspecified atom stereocenters. The van der Waals surface area contributed by atoms with E-state index in [0.717, 1.165) is 31.5 Å². The molecule has 0 fully saturated rings. The van der Waals surface area contributed by atoms with Gasteiger partial charge in [-0.1, -0.05) is 37.2 Å². The molecule has 7 nitrogen and oxygen atoms in total. The minimum absolute atomic E-state index is 0.0211. The van der Waals surface area contributed by atoms with Crippen LogP contribution in [-0.4, -0.2) is 40.9 Å². The zero-order chi connectivity index (χ0) is 22.8. The molecule has 2 heterocycles. The lowest BCUT2D eigenvalue weighted by molar-refractivity contribution is 0.0920. The van der Waals surface area contributed by atoms with Gasteiger partial charge in [0.1, 0.15) is 17.2 Å². The Morgan fingerprint density at radius 2 is 1.88 bits per heavy atom. The Morgan fingerprint density at radius 3 is 2.59 bits per heavy atom. The van der Waals surface area contributed by atoms with Crippen molar-refractivity contribution < 1.29 is 19.5 Å². The molecule has 0 saturated carbocycles. The third-order valence-electron chi connectivity index (χ3n) is 5.89. The highest BCUT2D eigenvalue weighted by Gasteiger charge is 2.27. The summed E-state index contributed by atoms with van der Waals surface area (Å²) in [6.07, 6.45) is 1.84. The van der Waals surface area contributed by atoms with Crippen molar-refractivity contribution in [2.75, 3.05) is 19.6 Å². The van der Waals surface area contributed by atoms with Crippen LogP contribution in [0.1, 0.15) is 53.9 Å². The van der Waals surface area contributed by atoms with Crippen LogP contribution >= 0.6 is 0 Å². The molecule has 0 atom stereocenters. The third kappa shape index (κ3) is 4.08. The van der Waals surface area contributed by atoms with Crippen LogP contribution in [0.25, 0.3) is 22.4 Å². The summed E-state index contributed by atoms with van der Waals surface area (Å²) < 4.78 is 5.53. The predicted octanol–water partition coefficient (Wildman–Crippen LogP) is 3.98. The second-order valence-corrected chi connectivity index (χ2v) is 8.41. The molecule has 0 spiro atoms. The summed E-state index contributed by atoms with van der Waals surface area (Å²) in [6, 6.07) is 9.18. The molecule has 1 aliphatic rings.